The van der Waals surface area contributed by atoms with E-state index in [1.54, 1.807) is 19.1 Å². The zero-order valence-electron chi connectivity index (χ0n) is 12.5. The van der Waals surface area contributed by atoms with Crippen molar-refractivity contribution in [1.29, 1.82) is 0 Å². The van der Waals surface area contributed by atoms with Crippen LogP contribution >= 0.6 is 11.6 Å². The van der Waals surface area contributed by atoms with Crippen LogP contribution in [0, 0.1) is 0 Å². The third kappa shape index (κ3) is 3.62. The number of esters is 1. The Hall–Kier alpha value is -1.11. The Kier molecular flexibility index (Phi) is 5.47. The molecule has 1 aliphatic rings. The maximum Gasteiger partial charge on any atom is 0.327 e. The first-order valence-corrected chi connectivity index (χ1v) is 9.23. The summed E-state index contributed by atoms with van der Waals surface area (Å²) in [6.07, 6.45) is 3.42. The molecule has 0 spiro atoms. The minimum Gasteiger partial charge on any atom is -0.465 e. The van der Waals surface area contributed by atoms with Crippen LogP contribution in [0.3, 0.4) is 0 Å². The van der Waals surface area contributed by atoms with E-state index in [4.69, 9.17) is 16.3 Å². The van der Waals surface area contributed by atoms with Crippen molar-refractivity contribution in [3.63, 3.8) is 0 Å². The largest absolute Gasteiger partial charge is 0.465 e. The first kappa shape index (κ1) is 17.2. The van der Waals surface area contributed by atoms with Crippen molar-refractivity contribution < 1.29 is 17.9 Å². The van der Waals surface area contributed by atoms with E-state index < -0.39 is 21.5 Å². The number of sulfonamides is 1. The summed E-state index contributed by atoms with van der Waals surface area (Å²) < 4.78 is 32.9. The highest BCUT2D eigenvalue weighted by Crippen LogP contribution is 2.32. The van der Waals surface area contributed by atoms with Crippen molar-refractivity contribution in [3.05, 3.63) is 29.3 Å². The minimum atomic E-state index is -3.90. The first-order chi connectivity index (χ1) is 10.4. The highest BCUT2D eigenvalue weighted by atomic mass is 35.5. The number of benzene rings is 1. The third-order valence-electron chi connectivity index (χ3n) is 3.83. The molecule has 1 aromatic carbocycles. The van der Waals surface area contributed by atoms with Gasteiger partial charge in [0.1, 0.15) is 10.4 Å². The molecule has 5 nitrogen and oxygen atoms in total. The van der Waals surface area contributed by atoms with Crippen LogP contribution in [0.4, 0.5) is 0 Å². The van der Waals surface area contributed by atoms with Gasteiger partial charge in [0.2, 0.25) is 10.0 Å². The molecule has 0 radical (unpaired) electrons. The van der Waals surface area contributed by atoms with E-state index in [-0.39, 0.29) is 16.5 Å². The van der Waals surface area contributed by atoms with Crippen LogP contribution in [0.15, 0.2) is 29.2 Å². The van der Waals surface area contributed by atoms with E-state index in [0.717, 1.165) is 19.3 Å². The maximum absolute atomic E-state index is 12.6. The summed E-state index contributed by atoms with van der Waals surface area (Å²) in [7, 11) is -3.90. The number of rotatable bonds is 5. The lowest BCUT2D eigenvalue weighted by Crippen LogP contribution is -2.56. The topological polar surface area (TPSA) is 72.5 Å². The summed E-state index contributed by atoms with van der Waals surface area (Å²) >= 11 is 5.98. The van der Waals surface area contributed by atoms with Crippen LogP contribution in [0.2, 0.25) is 5.02 Å². The van der Waals surface area contributed by atoms with Gasteiger partial charge in [0.25, 0.3) is 0 Å². The number of halogens is 1. The first-order valence-electron chi connectivity index (χ1n) is 7.37. The van der Waals surface area contributed by atoms with Gasteiger partial charge in [-0.15, -0.1) is 0 Å². The number of carbonyl (C=O) groups excluding carboxylic acids is 1. The molecule has 0 aromatic heterocycles. The van der Waals surface area contributed by atoms with Crippen LogP contribution in [0.5, 0.6) is 0 Å². The Morgan fingerprint density at radius 1 is 1.27 bits per heavy atom. The fourth-order valence-corrected chi connectivity index (χ4v) is 4.68. The summed E-state index contributed by atoms with van der Waals surface area (Å²) in [5.41, 5.74) is -1.19. The molecule has 0 bridgehead atoms. The standard InChI is InChI=1S/C15H20ClNO4S/c1-2-21-14(18)15(10-6-3-7-11-15)17-22(19,20)13-9-5-4-8-12(13)16/h4-5,8-9,17H,2-3,6-7,10-11H2,1H3. The third-order valence-corrected chi connectivity index (χ3v) is 5.87. The molecule has 1 fully saturated rings. The summed E-state index contributed by atoms with van der Waals surface area (Å²) in [5, 5.41) is 0.129. The van der Waals surface area contributed by atoms with Gasteiger partial charge in [-0.2, -0.15) is 4.72 Å². The van der Waals surface area contributed by atoms with Crippen molar-refractivity contribution in [2.24, 2.45) is 0 Å². The van der Waals surface area contributed by atoms with Crippen molar-refractivity contribution in [3.8, 4) is 0 Å². The maximum atomic E-state index is 12.6. The molecule has 0 saturated heterocycles. The summed E-state index contributed by atoms with van der Waals surface area (Å²) in [5.74, 6) is -0.509. The second-order valence-electron chi connectivity index (χ2n) is 5.40. The smallest absolute Gasteiger partial charge is 0.327 e. The van der Waals surface area contributed by atoms with Crippen LogP contribution in [-0.4, -0.2) is 26.5 Å². The lowest BCUT2D eigenvalue weighted by molar-refractivity contribution is -0.151. The van der Waals surface area contributed by atoms with E-state index in [1.165, 1.54) is 12.1 Å². The molecule has 122 valence electrons. The number of carbonyl (C=O) groups is 1. The molecule has 0 atom stereocenters. The van der Waals surface area contributed by atoms with Gasteiger partial charge in [0, 0.05) is 0 Å². The van der Waals surface area contributed by atoms with Gasteiger partial charge in [-0.05, 0) is 31.9 Å². The summed E-state index contributed by atoms with van der Waals surface area (Å²) in [6, 6.07) is 6.18. The van der Waals surface area contributed by atoms with Gasteiger partial charge in [0.05, 0.1) is 11.6 Å². The average Bonchev–Trinajstić information content (AvgIpc) is 2.48. The Balaban J connectivity index is 2.34. The minimum absolute atomic E-state index is 0.0223. The number of ether oxygens (including phenoxy) is 1. The van der Waals surface area contributed by atoms with Gasteiger partial charge in [-0.1, -0.05) is 43.0 Å². The lowest BCUT2D eigenvalue weighted by Gasteiger charge is -2.35. The zero-order chi connectivity index (χ0) is 16.2. The molecule has 7 heteroatoms. The summed E-state index contributed by atoms with van der Waals surface area (Å²) in [6.45, 7) is 1.92. The Morgan fingerprint density at radius 3 is 2.50 bits per heavy atom. The van der Waals surface area contributed by atoms with Crippen LogP contribution < -0.4 is 4.72 Å². The molecule has 1 aliphatic carbocycles. The van der Waals surface area contributed by atoms with E-state index in [2.05, 4.69) is 4.72 Å². The number of hydrogen-bond acceptors (Lipinski definition) is 4. The van der Waals surface area contributed by atoms with Crippen LogP contribution in [0.1, 0.15) is 39.0 Å². The van der Waals surface area contributed by atoms with Gasteiger partial charge in [0.15, 0.2) is 0 Å². The van der Waals surface area contributed by atoms with E-state index in [0.29, 0.717) is 12.8 Å². The second-order valence-corrected chi connectivity index (χ2v) is 7.46. The molecule has 0 aliphatic heterocycles. The highest BCUT2D eigenvalue weighted by molar-refractivity contribution is 7.89. The average molecular weight is 346 g/mol. The van der Waals surface area contributed by atoms with Gasteiger partial charge >= 0.3 is 5.97 Å². The Bertz CT molecular complexity index is 639. The van der Waals surface area contributed by atoms with Crippen molar-refractivity contribution in [2.75, 3.05) is 6.61 Å². The lowest BCUT2D eigenvalue weighted by atomic mass is 9.82. The van der Waals surface area contributed by atoms with E-state index in [1.807, 2.05) is 0 Å². The van der Waals surface area contributed by atoms with Crippen LogP contribution in [0.25, 0.3) is 0 Å². The molecule has 2 rings (SSSR count). The molecular formula is C15H20ClNO4S. The molecule has 0 heterocycles. The highest BCUT2D eigenvalue weighted by Gasteiger charge is 2.44. The van der Waals surface area contributed by atoms with Gasteiger partial charge in [-0.25, -0.2) is 8.42 Å². The predicted octanol–water partition coefficient (Wildman–Crippen LogP) is 2.88. The Morgan fingerprint density at radius 2 is 1.91 bits per heavy atom. The normalized spacial score (nSPS) is 17.9. The second kappa shape index (κ2) is 6.98. The predicted molar refractivity (Wildman–Crippen MR) is 84.2 cm³/mol. The van der Waals surface area contributed by atoms with E-state index >= 15 is 0 Å². The monoisotopic (exact) mass is 345 g/mol. The van der Waals surface area contributed by atoms with Crippen molar-refractivity contribution in [1.82, 2.24) is 4.72 Å². The number of hydrogen-bond donors (Lipinski definition) is 1. The molecule has 0 amide bonds. The van der Waals surface area contributed by atoms with Gasteiger partial charge in [-0.3, -0.25) is 4.79 Å². The van der Waals surface area contributed by atoms with Crippen molar-refractivity contribution in [2.45, 2.75) is 49.5 Å². The molecule has 22 heavy (non-hydrogen) atoms. The van der Waals surface area contributed by atoms with E-state index in [9.17, 15) is 13.2 Å². The fraction of sp³-hybridized carbons (Fsp3) is 0.533. The fourth-order valence-electron chi connectivity index (χ4n) is 2.75. The quantitative estimate of drug-likeness (QED) is 0.833. The molecule has 1 saturated carbocycles. The molecule has 1 aromatic rings. The van der Waals surface area contributed by atoms with Crippen molar-refractivity contribution >= 4 is 27.6 Å². The Labute approximate surface area is 136 Å². The SMILES string of the molecule is CCOC(=O)C1(NS(=O)(=O)c2ccccc2Cl)CCCCC1. The summed E-state index contributed by atoms with van der Waals surface area (Å²) in [4.78, 5) is 12.3. The molecular weight excluding hydrogens is 326 g/mol. The number of nitrogens with one attached hydrogen (secondary N) is 1. The molecule has 0 unspecified atom stereocenters. The zero-order valence-corrected chi connectivity index (χ0v) is 14.0. The molecule has 1 N–H and O–H groups in total. The van der Waals surface area contributed by atoms with Crippen LogP contribution in [-0.2, 0) is 19.6 Å². The van der Waals surface area contributed by atoms with Gasteiger partial charge < -0.3 is 4.74 Å².